The van der Waals surface area contributed by atoms with Crippen LogP contribution in [0.5, 0.6) is 0 Å². The number of carboxylic acids is 1. The monoisotopic (exact) mass is 1300 g/mol. The van der Waals surface area contributed by atoms with Crippen LogP contribution in [0, 0.1) is 11.8 Å². The summed E-state index contributed by atoms with van der Waals surface area (Å²) >= 11 is 0. The maximum atomic E-state index is 14.8. The lowest BCUT2D eigenvalue weighted by atomic mass is 9.95. The lowest BCUT2D eigenvalue weighted by Crippen LogP contribution is -2.62. The minimum Gasteiger partial charge on any atom is -0.481 e. The highest BCUT2D eigenvalue weighted by atomic mass is 33.1. The molecule has 3 fully saturated rings. The second-order valence-electron chi connectivity index (χ2n) is 21.0. The highest BCUT2D eigenvalue weighted by molar-refractivity contribution is 8.77. The average Bonchev–Trinajstić information content (AvgIpc) is 4.26. The molecule has 3 saturated heterocycles. The van der Waals surface area contributed by atoms with E-state index in [1.807, 2.05) is 0 Å². The normalized spacial score (nSPS) is 27.2. The number of amides is 12. The first-order chi connectivity index (χ1) is 41.3. The van der Waals surface area contributed by atoms with E-state index < -0.39 is 180 Å². The Kier molecular flexibility index (Phi) is 30.2. The largest absolute Gasteiger partial charge is 0.481 e. The van der Waals surface area contributed by atoms with E-state index in [0.29, 0.717) is 12.0 Å². The van der Waals surface area contributed by atoms with Gasteiger partial charge < -0.3 is 91.2 Å². The predicted molar refractivity (Wildman–Crippen MR) is 326 cm³/mol. The van der Waals surface area contributed by atoms with Gasteiger partial charge in [-0.2, -0.15) is 0 Å². The lowest BCUT2D eigenvalue weighted by molar-refractivity contribution is -0.146. The minimum atomic E-state index is -1.92. The number of rotatable bonds is 15. The van der Waals surface area contributed by atoms with Crippen molar-refractivity contribution in [1.29, 1.82) is 0 Å². The Labute approximate surface area is 518 Å². The summed E-state index contributed by atoms with van der Waals surface area (Å²) < 4.78 is 0. The average molecular weight is 1300 g/mol. The molecule has 20 N–H and O–H groups in total. The molecule has 3 aliphatic rings. The molecular weight excluding hydrogens is 1220 g/mol. The summed E-state index contributed by atoms with van der Waals surface area (Å²) in [6.45, 7) is 4.73. The fraction of sp³-hybridized carbons (Fsp3) is 0.615. The molecule has 35 heteroatoms. The molecule has 0 spiro atoms. The van der Waals surface area contributed by atoms with Crippen molar-refractivity contribution >= 4 is 126 Å². The molecule has 31 nitrogen and oxygen atoms in total. The molecule has 1 aromatic rings. The van der Waals surface area contributed by atoms with E-state index >= 15 is 0 Å². The van der Waals surface area contributed by atoms with Crippen LogP contribution in [0.2, 0.25) is 0 Å². The van der Waals surface area contributed by atoms with E-state index in [-0.39, 0.29) is 68.4 Å². The number of nitrogens with two attached hydrogens (primary N) is 4. The third kappa shape index (κ3) is 23.2. The van der Waals surface area contributed by atoms with Crippen LogP contribution in [0.3, 0.4) is 0 Å². The smallest absolute Gasteiger partial charge is 0.305 e. The number of aliphatic hydroxyl groups is 1. The lowest BCUT2D eigenvalue weighted by Gasteiger charge is -2.31. The van der Waals surface area contributed by atoms with Gasteiger partial charge in [0, 0.05) is 42.5 Å². The Morgan fingerprint density at radius 1 is 0.667 bits per heavy atom. The van der Waals surface area contributed by atoms with Gasteiger partial charge in [-0.15, -0.1) is 0 Å². The first kappa shape index (κ1) is 72.4. The number of aliphatic hydroxyl groups excluding tert-OH is 1. The van der Waals surface area contributed by atoms with E-state index in [0.717, 1.165) is 48.1 Å². The van der Waals surface area contributed by atoms with Crippen LogP contribution in [0.4, 0.5) is 0 Å². The van der Waals surface area contributed by atoms with Crippen LogP contribution in [-0.2, 0) is 68.7 Å². The van der Waals surface area contributed by atoms with Crippen molar-refractivity contribution in [2.45, 2.75) is 139 Å². The zero-order valence-corrected chi connectivity index (χ0v) is 51.8. The van der Waals surface area contributed by atoms with Crippen LogP contribution in [0.1, 0.15) is 71.8 Å². The van der Waals surface area contributed by atoms with Gasteiger partial charge in [-0.25, -0.2) is 0 Å². The van der Waals surface area contributed by atoms with Crippen LogP contribution < -0.4 is 76.1 Å². The number of nitrogens with one attached hydrogen (secondary N) is 10. The number of fused-ring (bicyclic) bond motifs is 9. The Hall–Kier alpha value is -7.08. The standard InChI is InChI=1S/C52H80N16O15S4/c1-5-26(4)40-50(82)60-29(17-27-11-7-6-8-12-27)43(75)63-32(41(54)73)21-84-86-23-34-46(78)62-31(20-69)44(76)61-30(18-38(71)72)51(83)68-16-10-14-36(68)48(80)59-28(13-9-15-57-52(55)56)42(74)64-35(47(79)66-39(25(2)3)49(81)67-40)24-87-85-22-33(45(77)65-34)58-37(70)19-53/h6-8,11-12,25-26,28-36,39-40,69H,5,9-10,13-24,53H2,1-4H3,(H2,54,73)(H,58,70)(H,59,80)(H,60,82)(H,61,76)(H,62,78)(H,63,75)(H,64,74)(H,65,77)(H,66,79)(H,67,81)(H,71,72)(H4,55,56,57)/t26-,28-,29-,30-,31-,32-,33-,34-,35-,36-,39-,40-/m0/s1. The number of hydrogen-bond donors (Lipinski definition) is 16. The van der Waals surface area contributed by atoms with Gasteiger partial charge in [0.2, 0.25) is 70.9 Å². The van der Waals surface area contributed by atoms with Crippen molar-refractivity contribution in [3.05, 3.63) is 35.9 Å². The van der Waals surface area contributed by atoms with E-state index in [1.54, 1.807) is 58.0 Å². The van der Waals surface area contributed by atoms with Crippen molar-refractivity contribution in [3.63, 3.8) is 0 Å². The number of nitrogens with zero attached hydrogens (tertiary/aromatic N) is 2. The Morgan fingerprint density at radius 3 is 1.82 bits per heavy atom. The molecule has 4 rings (SSSR count). The highest BCUT2D eigenvalue weighted by Crippen LogP contribution is 2.26. The van der Waals surface area contributed by atoms with Crippen LogP contribution >= 0.6 is 43.2 Å². The number of carboxylic acid groups (broad SMARTS) is 1. The van der Waals surface area contributed by atoms with Crippen LogP contribution in [0.25, 0.3) is 0 Å². The molecule has 12 atom stereocenters. The maximum Gasteiger partial charge on any atom is 0.305 e. The highest BCUT2D eigenvalue weighted by Gasteiger charge is 2.42. The van der Waals surface area contributed by atoms with E-state index in [9.17, 15) is 72.5 Å². The topological polar surface area (TPSA) is 502 Å². The van der Waals surface area contributed by atoms with Crippen LogP contribution in [-0.4, -0.2) is 214 Å². The van der Waals surface area contributed by atoms with Crippen molar-refractivity contribution in [2.24, 2.45) is 39.8 Å². The molecule has 0 aromatic heterocycles. The maximum absolute atomic E-state index is 14.8. The summed E-state index contributed by atoms with van der Waals surface area (Å²) in [6, 6.07) is -8.49. The number of hydrogen-bond acceptors (Lipinski definition) is 20. The molecule has 0 radical (unpaired) electrons. The molecular formula is C52H80N16O15S4. The van der Waals surface area contributed by atoms with Crippen molar-refractivity contribution < 1.29 is 72.5 Å². The Balaban J connectivity index is 1.95. The number of carbonyl (C=O) groups excluding carboxylic acids is 12. The molecule has 0 saturated carbocycles. The molecule has 2 bridgehead atoms. The van der Waals surface area contributed by atoms with Crippen molar-refractivity contribution in [1.82, 2.24) is 58.1 Å². The number of benzene rings is 1. The summed E-state index contributed by atoms with van der Waals surface area (Å²) in [6.07, 6.45) is -0.755. The first-order valence-corrected chi connectivity index (χ1v) is 33.0. The minimum absolute atomic E-state index is 0.00228. The fourth-order valence-corrected chi connectivity index (χ4v) is 13.7. The molecule has 3 aliphatic heterocycles. The Bertz CT molecular complexity index is 2660. The molecule has 87 heavy (non-hydrogen) atoms. The van der Waals surface area contributed by atoms with Gasteiger partial charge in [0.1, 0.15) is 66.5 Å². The van der Waals surface area contributed by atoms with Gasteiger partial charge in [0.25, 0.3) is 0 Å². The first-order valence-electron chi connectivity index (χ1n) is 28.0. The number of aliphatic imine (C=N–C) groups is 1. The third-order valence-electron chi connectivity index (χ3n) is 14.0. The van der Waals surface area contributed by atoms with Gasteiger partial charge in [-0.3, -0.25) is 67.3 Å². The summed E-state index contributed by atoms with van der Waals surface area (Å²) in [5, 5.41) is 46.0. The van der Waals surface area contributed by atoms with Crippen molar-refractivity contribution in [2.75, 3.05) is 49.3 Å². The summed E-state index contributed by atoms with van der Waals surface area (Å²) in [5.41, 5.74) is 23.1. The zero-order chi connectivity index (χ0) is 64.5. The second-order valence-corrected chi connectivity index (χ2v) is 26.1. The predicted octanol–water partition coefficient (Wildman–Crippen LogP) is -5.48. The van der Waals surface area contributed by atoms with Crippen LogP contribution in [0.15, 0.2) is 35.3 Å². The quantitative estimate of drug-likeness (QED) is 0.0337. The number of guanidine groups is 1. The summed E-state index contributed by atoms with van der Waals surface area (Å²) in [4.78, 5) is 187. The molecule has 1 aromatic carbocycles. The van der Waals surface area contributed by atoms with Gasteiger partial charge in [-0.05, 0) is 43.1 Å². The van der Waals surface area contributed by atoms with Gasteiger partial charge in [-0.1, -0.05) is 108 Å². The summed E-state index contributed by atoms with van der Waals surface area (Å²) in [7, 11) is 3.57. The number of aliphatic carboxylic acids is 1. The Morgan fingerprint density at radius 2 is 1.22 bits per heavy atom. The molecule has 3 heterocycles. The SMILES string of the molecule is CC[C@H](C)[C@@H]1NC(=O)[C@H](C(C)C)NC(=O)[C@@H]2CSSC[C@H](NC(=O)CN)C(=O)N[C@@H](CSSC[C@@H](C(N)=O)NC(=O)[C@H](Cc3ccccc3)NC1=O)C(=O)N[C@@H](CO)C(=O)N[C@@H](CC(=O)O)C(=O)N1CCC[C@H]1C(=O)N[C@@H](CCCN=C(N)N)C(=O)N2. The van der Waals surface area contributed by atoms with E-state index in [2.05, 4.69) is 58.2 Å². The summed E-state index contributed by atoms with van der Waals surface area (Å²) in [5.74, 6) is -16.1. The van der Waals surface area contributed by atoms with Gasteiger partial charge in [0.15, 0.2) is 5.96 Å². The number of carbonyl (C=O) groups is 13. The molecule has 482 valence electrons. The zero-order valence-electron chi connectivity index (χ0n) is 48.5. The van der Waals surface area contributed by atoms with Crippen molar-refractivity contribution in [3.8, 4) is 0 Å². The van der Waals surface area contributed by atoms with Gasteiger partial charge >= 0.3 is 5.97 Å². The molecule has 0 unspecified atom stereocenters. The third-order valence-corrected chi connectivity index (χ3v) is 18.9. The number of primary amides is 1. The molecule has 12 amide bonds. The van der Waals surface area contributed by atoms with E-state index in [4.69, 9.17) is 22.9 Å². The second kappa shape index (κ2) is 36.3. The van der Waals surface area contributed by atoms with Gasteiger partial charge in [0.05, 0.1) is 19.6 Å². The van der Waals surface area contributed by atoms with E-state index in [1.165, 1.54) is 0 Å². The fourth-order valence-electron chi connectivity index (χ4n) is 8.99. The molecule has 0 aliphatic carbocycles.